The second-order valence-corrected chi connectivity index (χ2v) is 4.15. The average Bonchev–Trinajstić information content (AvgIpc) is 2.26. The molecular weight excluding hydrogens is 200 g/mol. The van der Waals surface area contributed by atoms with Crippen molar-refractivity contribution >= 4 is 11.7 Å². The molecule has 2 amide bonds. The molecule has 0 aromatic heterocycles. The summed E-state index contributed by atoms with van der Waals surface area (Å²) in [6, 6.07) is 6.13. The number of benzene rings is 1. The maximum Gasteiger partial charge on any atom is 0.323 e. The molecule has 1 rings (SSSR count). The van der Waals surface area contributed by atoms with Gasteiger partial charge in [-0.15, -0.1) is 0 Å². The SMILES string of the molecule is CCN(C)C(=O)N(C)c1ccc(C)cc1C. The summed E-state index contributed by atoms with van der Waals surface area (Å²) >= 11 is 0. The summed E-state index contributed by atoms with van der Waals surface area (Å²) in [6.07, 6.45) is 0. The van der Waals surface area contributed by atoms with Crippen molar-refractivity contribution in [2.45, 2.75) is 20.8 Å². The van der Waals surface area contributed by atoms with Gasteiger partial charge in [-0.25, -0.2) is 4.79 Å². The van der Waals surface area contributed by atoms with Crippen molar-refractivity contribution in [3.63, 3.8) is 0 Å². The van der Waals surface area contributed by atoms with E-state index in [1.165, 1.54) is 5.56 Å². The van der Waals surface area contributed by atoms with E-state index in [-0.39, 0.29) is 6.03 Å². The van der Waals surface area contributed by atoms with Gasteiger partial charge in [-0.3, -0.25) is 4.90 Å². The number of hydrogen-bond acceptors (Lipinski definition) is 1. The van der Waals surface area contributed by atoms with Crippen molar-refractivity contribution in [1.82, 2.24) is 4.90 Å². The average molecular weight is 220 g/mol. The Bertz CT molecular complexity index is 388. The Kier molecular flexibility index (Phi) is 3.93. The summed E-state index contributed by atoms with van der Waals surface area (Å²) in [5.74, 6) is 0. The van der Waals surface area contributed by atoms with E-state index in [4.69, 9.17) is 0 Å². The minimum absolute atomic E-state index is 0.0226. The number of carbonyl (C=O) groups excluding carboxylic acids is 1. The fourth-order valence-corrected chi connectivity index (χ4v) is 1.68. The van der Waals surface area contributed by atoms with Crippen molar-refractivity contribution in [1.29, 1.82) is 0 Å². The standard InChI is InChI=1S/C13H20N2O/c1-6-14(4)13(16)15(5)12-8-7-10(2)9-11(12)3/h7-9H,6H2,1-5H3. The third-order valence-electron chi connectivity index (χ3n) is 2.80. The third kappa shape index (κ3) is 2.54. The predicted molar refractivity (Wildman–Crippen MR) is 68.0 cm³/mol. The van der Waals surface area contributed by atoms with Crippen LogP contribution >= 0.6 is 0 Å². The smallest absolute Gasteiger partial charge is 0.323 e. The maximum atomic E-state index is 12.0. The molecule has 0 saturated carbocycles. The van der Waals surface area contributed by atoms with E-state index in [1.54, 1.807) is 9.80 Å². The highest BCUT2D eigenvalue weighted by molar-refractivity contribution is 5.92. The molecule has 0 aliphatic rings. The lowest BCUT2D eigenvalue weighted by Gasteiger charge is -2.25. The van der Waals surface area contributed by atoms with Gasteiger partial charge >= 0.3 is 6.03 Å². The van der Waals surface area contributed by atoms with Crippen LogP contribution in [0.2, 0.25) is 0 Å². The summed E-state index contributed by atoms with van der Waals surface area (Å²) in [6.45, 7) is 6.76. The Morgan fingerprint density at radius 3 is 2.38 bits per heavy atom. The molecule has 0 heterocycles. The molecule has 0 spiro atoms. The van der Waals surface area contributed by atoms with Crippen LogP contribution in [0.5, 0.6) is 0 Å². The van der Waals surface area contributed by atoms with Gasteiger partial charge in [0.05, 0.1) is 0 Å². The normalized spacial score (nSPS) is 10.1. The van der Waals surface area contributed by atoms with Crippen LogP contribution in [0.1, 0.15) is 18.1 Å². The van der Waals surface area contributed by atoms with Gasteiger partial charge in [0.2, 0.25) is 0 Å². The van der Waals surface area contributed by atoms with E-state index in [2.05, 4.69) is 13.0 Å². The molecule has 0 aliphatic carbocycles. The maximum absolute atomic E-state index is 12.0. The minimum Gasteiger partial charge on any atom is -0.328 e. The number of anilines is 1. The molecule has 0 atom stereocenters. The molecule has 0 bridgehead atoms. The second-order valence-electron chi connectivity index (χ2n) is 4.15. The second kappa shape index (κ2) is 5.01. The van der Waals surface area contributed by atoms with Crippen molar-refractivity contribution in [3.8, 4) is 0 Å². The van der Waals surface area contributed by atoms with Crippen LogP contribution in [0.3, 0.4) is 0 Å². The number of nitrogens with zero attached hydrogens (tertiary/aromatic N) is 2. The molecule has 0 saturated heterocycles. The highest BCUT2D eigenvalue weighted by atomic mass is 16.2. The van der Waals surface area contributed by atoms with Gasteiger partial charge in [0.1, 0.15) is 0 Å². The van der Waals surface area contributed by atoms with Crippen LogP contribution in [0.25, 0.3) is 0 Å². The molecule has 0 unspecified atom stereocenters. The van der Waals surface area contributed by atoms with Gasteiger partial charge in [0.15, 0.2) is 0 Å². The summed E-state index contributed by atoms with van der Waals surface area (Å²) in [5, 5.41) is 0. The third-order valence-corrected chi connectivity index (χ3v) is 2.80. The number of aryl methyl sites for hydroxylation is 2. The molecule has 16 heavy (non-hydrogen) atoms. The van der Waals surface area contributed by atoms with E-state index >= 15 is 0 Å². The fourth-order valence-electron chi connectivity index (χ4n) is 1.68. The molecule has 1 aromatic carbocycles. The lowest BCUT2D eigenvalue weighted by molar-refractivity contribution is 0.219. The fraction of sp³-hybridized carbons (Fsp3) is 0.462. The zero-order valence-electron chi connectivity index (χ0n) is 10.7. The molecule has 3 heteroatoms. The summed E-state index contributed by atoms with van der Waals surface area (Å²) < 4.78 is 0. The van der Waals surface area contributed by atoms with Gasteiger partial charge in [-0.1, -0.05) is 17.7 Å². The number of carbonyl (C=O) groups is 1. The Hall–Kier alpha value is -1.51. The molecule has 0 fully saturated rings. The van der Waals surface area contributed by atoms with Gasteiger partial charge in [-0.2, -0.15) is 0 Å². The summed E-state index contributed by atoms with van der Waals surface area (Å²) in [5.41, 5.74) is 3.31. The van der Waals surface area contributed by atoms with Gasteiger partial charge in [0, 0.05) is 26.3 Å². The Morgan fingerprint density at radius 2 is 1.88 bits per heavy atom. The van der Waals surface area contributed by atoms with Gasteiger partial charge < -0.3 is 4.90 Å². The summed E-state index contributed by atoms with van der Waals surface area (Å²) in [7, 11) is 3.62. The molecule has 0 radical (unpaired) electrons. The first-order valence-electron chi connectivity index (χ1n) is 5.53. The number of rotatable bonds is 2. The van der Waals surface area contributed by atoms with E-state index in [0.29, 0.717) is 6.54 Å². The Labute approximate surface area is 97.7 Å². The molecule has 0 N–H and O–H groups in total. The molecule has 1 aromatic rings. The largest absolute Gasteiger partial charge is 0.328 e. The lowest BCUT2D eigenvalue weighted by Crippen LogP contribution is -2.38. The number of amides is 2. The van der Waals surface area contributed by atoms with Crippen molar-refractivity contribution in [2.24, 2.45) is 0 Å². The van der Waals surface area contributed by atoms with Crippen LogP contribution in [-0.2, 0) is 0 Å². The van der Waals surface area contributed by atoms with E-state index in [1.807, 2.05) is 40.1 Å². The zero-order chi connectivity index (χ0) is 12.3. The first-order chi connectivity index (χ1) is 7.47. The monoisotopic (exact) mass is 220 g/mol. The van der Waals surface area contributed by atoms with Crippen LogP contribution in [0.4, 0.5) is 10.5 Å². The van der Waals surface area contributed by atoms with Crippen molar-refractivity contribution in [2.75, 3.05) is 25.5 Å². The van der Waals surface area contributed by atoms with E-state index in [0.717, 1.165) is 11.3 Å². The Balaban J connectivity index is 2.96. The lowest BCUT2D eigenvalue weighted by atomic mass is 10.1. The highest BCUT2D eigenvalue weighted by Gasteiger charge is 2.15. The minimum atomic E-state index is 0.0226. The predicted octanol–water partition coefficient (Wildman–Crippen LogP) is 2.81. The topological polar surface area (TPSA) is 23.6 Å². The van der Waals surface area contributed by atoms with Gasteiger partial charge in [0.25, 0.3) is 0 Å². The highest BCUT2D eigenvalue weighted by Crippen LogP contribution is 2.20. The molecule has 88 valence electrons. The molecule has 3 nitrogen and oxygen atoms in total. The van der Waals surface area contributed by atoms with Crippen LogP contribution < -0.4 is 4.90 Å². The van der Waals surface area contributed by atoms with Gasteiger partial charge in [-0.05, 0) is 32.4 Å². The van der Waals surface area contributed by atoms with E-state index in [9.17, 15) is 4.79 Å². The number of hydrogen-bond donors (Lipinski definition) is 0. The first-order valence-corrected chi connectivity index (χ1v) is 5.53. The summed E-state index contributed by atoms with van der Waals surface area (Å²) in [4.78, 5) is 15.3. The molecule has 0 aliphatic heterocycles. The quantitative estimate of drug-likeness (QED) is 0.751. The van der Waals surface area contributed by atoms with Crippen molar-refractivity contribution < 1.29 is 4.79 Å². The van der Waals surface area contributed by atoms with Crippen LogP contribution in [-0.4, -0.2) is 31.6 Å². The van der Waals surface area contributed by atoms with Crippen LogP contribution in [0.15, 0.2) is 18.2 Å². The number of urea groups is 1. The van der Waals surface area contributed by atoms with Crippen molar-refractivity contribution in [3.05, 3.63) is 29.3 Å². The molecular formula is C13H20N2O. The Morgan fingerprint density at radius 1 is 1.25 bits per heavy atom. The van der Waals surface area contributed by atoms with E-state index < -0.39 is 0 Å². The van der Waals surface area contributed by atoms with Crippen LogP contribution in [0, 0.1) is 13.8 Å². The first kappa shape index (κ1) is 12.6. The zero-order valence-corrected chi connectivity index (χ0v) is 10.7.